The fourth-order valence-electron chi connectivity index (χ4n) is 1.62. The summed E-state index contributed by atoms with van der Waals surface area (Å²) in [6.07, 6.45) is 0. The van der Waals surface area contributed by atoms with Gasteiger partial charge in [0, 0.05) is 22.5 Å². The van der Waals surface area contributed by atoms with Crippen LogP contribution in [0.3, 0.4) is 0 Å². The maximum atomic E-state index is 13.3. The molecule has 100 valence electrons. The molecule has 0 atom stereocenters. The van der Waals surface area contributed by atoms with Gasteiger partial charge in [-0.1, -0.05) is 0 Å². The second kappa shape index (κ2) is 5.71. The lowest BCUT2D eigenvalue weighted by Crippen LogP contribution is -2.09. The Kier molecular flexibility index (Phi) is 4.21. The van der Waals surface area contributed by atoms with E-state index in [9.17, 15) is 9.18 Å². The van der Waals surface area contributed by atoms with Gasteiger partial charge >= 0.3 is 0 Å². The Morgan fingerprint density at radius 1 is 1.47 bits per heavy atom. The molecule has 1 heterocycles. The second-order valence-electron chi connectivity index (χ2n) is 4.10. The minimum atomic E-state index is -0.428. The lowest BCUT2D eigenvalue weighted by molar-refractivity contribution is 0.100. The third kappa shape index (κ3) is 3.33. The van der Waals surface area contributed by atoms with Gasteiger partial charge in [-0.05, 0) is 46.6 Å². The highest BCUT2D eigenvalue weighted by Gasteiger charge is 2.07. The SMILES string of the molecule is Cc1cc(F)c(Br)cc1NCc1cc(C(N)=O)cs1. The molecule has 1 aromatic carbocycles. The monoisotopic (exact) mass is 342 g/mol. The Morgan fingerprint density at radius 2 is 2.21 bits per heavy atom. The molecule has 3 nitrogen and oxygen atoms in total. The molecule has 0 saturated heterocycles. The third-order valence-electron chi connectivity index (χ3n) is 2.66. The quantitative estimate of drug-likeness (QED) is 0.890. The van der Waals surface area contributed by atoms with Gasteiger partial charge in [-0.15, -0.1) is 11.3 Å². The largest absolute Gasteiger partial charge is 0.380 e. The molecule has 19 heavy (non-hydrogen) atoms. The van der Waals surface area contributed by atoms with E-state index in [0.717, 1.165) is 16.1 Å². The van der Waals surface area contributed by atoms with Gasteiger partial charge in [-0.25, -0.2) is 4.39 Å². The Morgan fingerprint density at radius 3 is 2.84 bits per heavy atom. The molecule has 0 unspecified atom stereocenters. The van der Waals surface area contributed by atoms with Gasteiger partial charge in [0.25, 0.3) is 0 Å². The molecule has 1 amide bonds. The van der Waals surface area contributed by atoms with Gasteiger partial charge in [0.15, 0.2) is 0 Å². The minimum Gasteiger partial charge on any atom is -0.380 e. The smallest absolute Gasteiger partial charge is 0.249 e. The molecule has 0 aliphatic rings. The zero-order chi connectivity index (χ0) is 14.0. The van der Waals surface area contributed by atoms with Gasteiger partial charge in [-0.3, -0.25) is 4.79 Å². The summed E-state index contributed by atoms with van der Waals surface area (Å²) in [5.41, 5.74) is 7.38. The first-order valence-corrected chi connectivity index (χ1v) is 7.21. The number of hydrogen-bond donors (Lipinski definition) is 2. The predicted molar refractivity (Wildman–Crippen MR) is 79.0 cm³/mol. The Labute approximate surface area is 122 Å². The zero-order valence-corrected chi connectivity index (χ0v) is 12.6. The van der Waals surface area contributed by atoms with Crippen LogP contribution in [0.5, 0.6) is 0 Å². The first-order chi connectivity index (χ1) is 8.97. The van der Waals surface area contributed by atoms with Crippen molar-refractivity contribution in [2.24, 2.45) is 5.73 Å². The number of anilines is 1. The topological polar surface area (TPSA) is 55.1 Å². The number of halogens is 2. The van der Waals surface area contributed by atoms with Crippen LogP contribution in [0.25, 0.3) is 0 Å². The highest BCUT2D eigenvalue weighted by atomic mass is 79.9. The van der Waals surface area contributed by atoms with Crippen molar-refractivity contribution in [1.29, 1.82) is 0 Å². The molecule has 0 radical (unpaired) electrons. The Balaban J connectivity index is 2.09. The van der Waals surface area contributed by atoms with Crippen molar-refractivity contribution in [3.63, 3.8) is 0 Å². The van der Waals surface area contributed by atoms with Crippen molar-refractivity contribution in [2.75, 3.05) is 5.32 Å². The molecular formula is C13H12BrFN2OS. The van der Waals surface area contributed by atoms with E-state index in [4.69, 9.17) is 5.73 Å². The lowest BCUT2D eigenvalue weighted by Gasteiger charge is -2.09. The highest BCUT2D eigenvalue weighted by Crippen LogP contribution is 2.25. The van der Waals surface area contributed by atoms with E-state index in [1.165, 1.54) is 17.4 Å². The third-order valence-corrected chi connectivity index (χ3v) is 4.20. The number of aryl methyl sites for hydroxylation is 1. The second-order valence-corrected chi connectivity index (χ2v) is 5.95. The maximum absolute atomic E-state index is 13.3. The van der Waals surface area contributed by atoms with Crippen LogP contribution in [0.2, 0.25) is 0 Å². The van der Waals surface area contributed by atoms with Crippen LogP contribution in [-0.2, 0) is 6.54 Å². The van der Waals surface area contributed by atoms with E-state index in [2.05, 4.69) is 21.2 Å². The lowest BCUT2D eigenvalue weighted by atomic mass is 10.2. The van der Waals surface area contributed by atoms with E-state index in [-0.39, 0.29) is 5.82 Å². The van der Waals surface area contributed by atoms with Crippen molar-refractivity contribution < 1.29 is 9.18 Å². The van der Waals surface area contributed by atoms with Crippen molar-refractivity contribution in [2.45, 2.75) is 13.5 Å². The summed E-state index contributed by atoms with van der Waals surface area (Å²) in [5.74, 6) is -0.710. The molecule has 3 N–H and O–H groups in total. The molecule has 2 aromatic rings. The summed E-state index contributed by atoms with van der Waals surface area (Å²) in [6.45, 7) is 2.40. The molecule has 6 heteroatoms. The molecule has 0 spiro atoms. The van der Waals surface area contributed by atoms with Crippen molar-refractivity contribution in [3.8, 4) is 0 Å². The summed E-state index contributed by atoms with van der Waals surface area (Å²) in [4.78, 5) is 12.0. The Bertz CT molecular complexity index is 627. The number of carbonyl (C=O) groups excluding carboxylic acids is 1. The van der Waals surface area contributed by atoms with Crippen LogP contribution in [0.15, 0.2) is 28.1 Å². The number of benzene rings is 1. The number of carbonyl (C=O) groups is 1. The number of rotatable bonds is 4. The summed E-state index contributed by atoms with van der Waals surface area (Å²) < 4.78 is 13.7. The number of thiophene rings is 1. The number of amides is 1. The average molecular weight is 343 g/mol. The van der Waals surface area contributed by atoms with E-state index < -0.39 is 5.91 Å². The van der Waals surface area contributed by atoms with Crippen LogP contribution >= 0.6 is 27.3 Å². The van der Waals surface area contributed by atoms with Crippen LogP contribution in [0.4, 0.5) is 10.1 Å². The molecular weight excluding hydrogens is 331 g/mol. The Hall–Kier alpha value is -1.40. The van der Waals surface area contributed by atoms with Gasteiger partial charge in [-0.2, -0.15) is 0 Å². The van der Waals surface area contributed by atoms with E-state index in [1.54, 1.807) is 17.5 Å². The molecule has 0 fully saturated rings. The van der Waals surface area contributed by atoms with E-state index in [0.29, 0.717) is 16.6 Å². The van der Waals surface area contributed by atoms with Crippen LogP contribution in [-0.4, -0.2) is 5.91 Å². The van der Waals surface area contributed by atoms with Gasteiger partial charge in [0.05, 0.1) is 10.0 Å². The highest BCUT2D eigenvalue weighted by molar-refractivity contribution is 9.10. The fourth-order valence-corrected chi connectivity index (χ4v) is 2.78. The summed E-state index contributed by atoms with van der Waals surface area (Å²) in [7, 11) is 0. The zero-order valence-electron chi connectivity index (χ0n) is 10.2. The molecule has 2 rings (SSSR count). The first kappa shape index (κ1) is 14.0. The van der Waals surface area contributed by atoms with Gasteiger partial charge in [0.2, 0.25) is 5.91 Å². The van der Waals surface area contributed by atoms with Crippen molar-refractivity contribution in [3.05, 3.63) is 49.9 Å². The molecule has 0 saturated carbocycles. The average Bonchev–Trinajstić information content (AvgIpc) is 2.81. The van der Waals surface area contributed by atoms with Crippen molar-refractivity contribution >= 4 is 38.9 Å². The van der Waals surface area contributed by atoms with Gasteiger partial charge in [0.1, 0.15) is 5.82 Å². The van der Waals surface area contributed by atoms with Crippen LogP contribution in [0.1, 0.15) is 20.8 Å². The molecule has 0 bridgehead atoms. The minimum absolute atomic E-state index is 0.282. The van der Waals surface area contributed by atoms with Crippen molar-refractivity contribution in [1.82, 2.24) is 0 Å². The molecule has 0 aliphatic carbocycles. The molecule has 1 aromatic heterocycles. The first-order valence-electron chi connectivity index (χ1n) is 5.54. The normalized spacial score (nSPS) is 10.5. The summed E-state index contributed by atoms with van der Waals surface area (Å²) >= 11 is 4.62. The number of hydrogen-bond acceptors (Lipinski definition) is 3. The number of primary amides is 1. The fraction of sp³-hybridized carbons (Fsp3) is 0.154. The molecule has 0 aliphatic heterocycles. The van der Waals surface area contributed by atoms with Gasteiger partial charge < -0.3 is 11.1 Å². The predicted octanol–water partition coefficient (Wildman–Crippen LogP) is 3.67. The number of nitrogens with two attached hydrogens (primary N) is 1. The van der Waals surface area contributed by atoms with Crippen LogP contribution in [0, 0.1) is 12.7 Å². The summed E-state index contributed by atoms with van der Waals surface area (Å²) in [6, 6.07) is 4.93. The van der Waals surface area contributed by atoms with Crippen LogP contribution < -0.4 is 11.1 Å². The van der Waals surface area contributed by atoms with E-state index in [1.807, 2.05) is 6.92 Å². The van der Waals surface area contributed by atoms with E-state index >= 15 is 0 Å². The maximum Gasteiger partial charge on any atom is 0.249 e. The number of nitrogens with one attached hydrogen (secondary N) is 1. The standard InChI is InChI=1S/C13H12BrFN2OS/c1-7-2-11(15)10(14)4-12(7)17-5-9-3-8(6-19-9)13(16)18/h2-4,6,17H,5H2,1H3,(H2,16,18). The summed E-state index contributed by atoms with van der Waals surface area (Å²) in [5, 5.41) is 4.94.